The molecule has 9 nitrogen and oxygen atoms in total. The first kappa shape index (κ1) is 18.4. The molecule has 0 atom stereocenters. The van der Waals surface area contributed by atoms with E-state index in [1.54, 1.807) is 4.90 Å². The smallest absolute Gasteiger partial charge is 0.286 e. The fraction of sp³-hybridized carbons (Fsp3) is 0.588. The largest absolute Gasteiger partial charge is 0.493 e. The van der Waals surface area contributed by atoms with E-state index >= 15 is 0 Å². The number of carbonyl (C=O) groups excluding carboxylic acids is 1. The van der Waals surface area contributed by atoms with Gasteiger partial charge in [-0.15, -0.1) is 0 Å². The van der Waals surface area contributed by atoms with Gasteiger partial charge >= 0.3 is 0 Å². The van der Waals surface area contributed by atoms with Gasteiger partial charge < -0.3 is 23.8 Å². The Morgan fingerprint density at radius 3 is 2.27 bits per heavy atom. The molecule has 0 bridgehead atoms. The van der Waals surface area contributed by atoms with Crippen LogP contribution in [0, 0.1) is 10.1 Å². The Labute approximate surface area is 150 Å². The zero-order valence-corrected chi connectivity index (χ0v) is 14.9. The number of methoxy groups -OCH3 is 2. The van der Waals surface area contributed by atoms with Crippen LogP contribution in [0.5, 0.6) is 11.5 Å². The van der Waals surface area contributed by atoms with Crippen LogP contribution in [0.4, 0.5) is 5.69 Å². The molecule has 0 radical (unpaired) electrons. The van der Waals surface area contributed by atoms with Crippen molar-refractivity contribution in [1.82, 2.24) is 4.90 Å². The maximum absolute atomic E-state index is 12.9. The SMILES string of the molecule is COc1cc(C(=O)N2CCC3(CC2)OCCCO3)c([N+](=O)[O-])cc1OC. The molecule has 2 fully saturated rings. The number of hydrogen-bond donors (Lipinski definition) is 0. The lowest BCUT2D eigenvalue weighted by Crippen LogP contribution is -2.51. The first-order valence-electron chi connectivity index (χ1n) is 8.47. The van der Waals surface area contributed by atoms with E-state index in [9.17, 15) is 14.9 Å². The summed E-state index contributed by atoms with van der Waals surface area (Å²) in [4.78, 5) is 25.3. The molecular weight excluding hydrogens is 344 g/mol. The Balaban J connectivity index is 1.82. The van der Waals surface area contributed by atoms with Crippen molar-refractivity contribution >= 4 is 11.6 Å². The second-order valence-electron chi connectivity index (χ2n) is 6.23. The third-order valence-corrected chi connectivity index (χ3v) is 4.76. The van der Waals surface area contributed by atoms with Gasteiger partial charge in [0, 0.05) is 32.0 Å². The van der Waals surface area contributed by atoms with Gasteiger partial charge in [-0.25, -0.2) is 0 Å². The summed E-state index contributed by atoms with van der Waals surface area (Å²) < 4.78 is 21.8. The molecule has 2 aliphatic rings. The number of carbonyl (C=O) groups is 1. The van der Waals surface area contributed by atoms with Crippen LogP contribution < -0.4 is 9.47 Å². The Morgan fingerprint density at radius 1 is 1.15 bits per heavy atom. The standard InChI is InChI=1S/C17H22N2O7/c1-23-14-10-12(13(19(21)22)11-15(14)24-2)16(20)18-6-4-17(5-7-18)25-8-3-9-26-17/h10-11H,3-9H2,1-2H3. The van der Waals surface area contributed by atoms with Crippen molar-refractivity contribution in [2.75, 3.05) is 40.5 Å². The molecule has 2 saturated heterocycles. The highest BCUT2D eigenvalue weighted by atomic mass is 16.7. The third-order valence-electron chi connectivity index (χ3n) is 4.76. The summed E-state index contributed by atoms with van der Waals surface area (Å²) >= 11 is 0. The van der Waals surface area contributed by atoms with E-state index in [1.165, 1.54) is 26.4 Å². The predicted molar refractivity (Wildman–Crippen MR) is 90.6 cm³/mol. The molecule has 0 aromatic heterocycles. The number of benzene rings is 1. The van der Waals surface area contributed by atoms with Crippen molar-refractivity contribution in [2.45, 2.75) is 25.0 Å². The minimum atomic E-state index is -0.626. The number of hydrogen-bond acceptors (Lipinski definition) is 7. The first-order valence-corrected chi connectivity index (χ1v) is 8.47. The van der Waals surface area contributed by atoms with E-state index in [4.69, 9.17) is 18.9 Å². The van der Waals surface area contributed by atoms with E-state index in [1.807, 2.05) is 0 Å². The van der Waals surface area contributed by atoms with Crippen LogP contribution in [0.3, 0.4) is 0 Å². The number of nitrogens with zero attached hydrogens (tertiary/aromatic N) is 2. The van der Waals surface area contributed by atoms with Gasteiger partial charge in [0.1, 0.15) is 5.56 Å². The van der Waals surface area contributed by atoms with Gasteiger partial charge in [-0.05, 0) is 6.42 Å². The Hall–Kier alpha value is -2.39. The van der Waals surface area contributed by atoms with Crippen molar-refractivity contribution in [2.24, 2.45) is 0 Å². The van der Waals surface area contributed by atoms with Gasteiger partial charge in [0.25, 0.3) is 11.6 Å². The number of rotatable bonds is 4. The molecule has 1 amide bonds. The van der Waals surface area contributed by atoms with E-state index in [2.05, 4.69) is 0 Å². The summed E-state index contributed by atoms with van der Waals surface area (Å²) in [5.74, 6) is -0.562. The highest BCUT2D eigenvalue weighted by molar-refractivity contribution is 5.99. The summed E-state index contributed by atoms with van der Waals surface area (Å²) in [7, 11) is 2.80. The Kier molecular flexibility index (Phi) is 5.28. The second-order valence-corrected chi connectivity index (χ2v) is 6.23. The molecule has 2 heterocycles. The van der Waals surface area contributed by atoms with Crippen molar-refractivity contribution in [3.8, 4) is 11.5 Å². The third kappa shape index (κ3) is 3.45. The van der Waals surface area contributed by atoms with Crippen LogP contribution in [0.2, 0.25) is 0 Å². The molecule has 0 saturated carbocycles. The minimum absolute atomic E-state index is 0.0194. The zero-order chi connectivity index (χ0) is 18.7. The molecule has 1 spiro atoms. The molecular formula is C17H22N2O7. The predicted octanol–water partition coefficient (Wildman–Crippen LogP) is 1.98. The molecule has 142 valence electrons. The highest BCUT2D eigenvalue weighted by Crippen LogP contribution is 2.36. The number of nitro groups is 1. The fourth-order valence-electron chi connectivity index (χ4n) is 3.32. The van der Waals surface area contributed by atoms with Gasteiger partial charge in [-0.1, -0.05) is 0 Å². The van der Waals surface area contributed by atoms with Crippen molar-refractivity contribution in [3.63, 3.8) is 0 Å². The number of piperidine rings is 1. The minimum Gasteiger partial charge on any atom is -0.493 e. The van der Waals surface area contributed by atoms with E-state index in [-0.39, 0.29) is 22.7 Å². The summed E-state index contributed by atoms with van der Waals surface area (Å²) in [5.41, 5.74) is -0.327. The second kappa shape index (κ2) is 7.46. The normalized spacial score (nSPS) is 19.2. The summed E-state index contributed by atoms with van der Waals surface area (Å²) in [5, 5.41) is 11.4. The maximum atomic E-state index is 12.9. The van der Waals surface area contributed by atoms with Crippen LogP contribution in [0.25, 0.3) is 0 Å². The van der Waals surface area contributed by atoms with Gasteiger partial charge in [-0.3, -0.25) is 14.9 Å². The maximum Gasteiger partial charge on any atom is 0.286 e. The van der Waals surface area contributed by atoms with E-state index in [0.29, 0.717) is 39.1 Å². The van der Waals surface area contributed by atoms with Crippen LogP contribution in [-0.2, 0) is 9.47 Å². The lowest BCUT2D eigenvalue weighted by atomic mass is 10.0. The monoisotopic (exact) mass is 366 g/mol. The van der Waals surface area contributed by atoms with Crippen molar-refractivity contribution < 1.29 is 28.7 Å². The van der Waals surface area contributed by atoms with Crippen LogP contribution in [0.1, 0.15) is 29.6 Å². The van der Waals surface area contributed by atoms with Gasteiger partial charge in [0.05, 0.1) is 38.4 Å². The molecule has 0 unspecified atom stereocenters. The summed E-state index contributed by atoms with van der Waals surface area (Å²) in [6.45, 7) is 2.11. The van der Waals surface area contributed by atoms with Gasteiger partial charge in [-0.2, -0.15) is 0 Å². The number of nitro benzene ring substituents is 1. The average Bonchev–Trinajstić information content (AvgIpc) is 2.67. The number of likely N-dealkylation sites (tertiary alicyclic amines) is 1. The van der Waals surface area contributed by atoms with Crippen molar-refractivity contribution in [3.05, 3.63) is 27.8 Å². The molecule has 0 N–H and O–H groups in total. The molecule has 26 heavy (non-hydrogen) atoms. The average molecular weight is 366 g/mol. The Morgan fingerprint density at radius 2 is 1.73 bits per heavy atom. The summed E-state index contributed by atoms with van der Waals surface area (Å²) in [6, 6.07) is 2.57. The summed E-state index contributed by atoms with van der Waals surface area (Å²) in [6.07, 6.45) is 1.95. The van der Waals surface area contributed by atoms with E-state index < -0.39 is 16.6 Å². The van der Waals surface area contributed by atoms with Crippen molar-refractivity contribution in [1.29, 1.82) is 0 Å². The first-order chi connectivity index (χ1) is 12.5. The highest BCUT2D eigenvalue weighted by Gasteiger charge is 2.40. The zero-order valence-electron chi connectivity index (χ0n) is 14.9. The van der Waals surface area contributed by atoms with Crippen LogP contribution in [-0.4, -0.2) is 62.0 Å². The molecule has 9 heteroatoms. The lowest BCUT2D eigenvalue weighted by Gasteiger charge is -2.43. The number of amides is 1. The van der Waals surface area contributed by atoms with Gasteiger partial charge in [0.2, 0.25) is 0 Å². The number of ether oxygens (including phenoxy) is 4. The topological polar surface area (TPSA) is 100 Å². The molecule has 2 aliphatic heterocycles. The molecule has 1 aromatic carbocycles. The van der Waals surface area contributed by atoms with Crippen LogP contribution in [0.15, 0.2) is 12.1 Å². The Bertz CT molecular complexity index is 691. The molecule has 1 aromatic rings. The lowest BCUT2D eigenvalue weighted by molar-refractivity contribution is -0.385. The van der Waals surface area contributed by atoms with Crippen LogP contribution >= 0.6 is 0 Å². The van der Waals surface area contributed by atoms with Gasteiger partial charge in [0.15, 0.2) is 17.3 Å². The fourth-order valence-corrected chi connectivity index (χ4v) is 3.32. The molecule has 3 rings (SSSR count). The molecule has 0 aliphatic carbocycles. The van der Waals surface area contributed by atoms with E-state index in [0.717, 1.165) is 6.42 Å². The quantitative estimate of drug-likeness (QED) is 0.593.